The van der Waals surface area contributed by atoms with Crippen molar-refractivity contribution in [1.82, 2.24) is 15.4 Å². The number of carbonyl (C=O) groups is 2. The number of alkyl halides is 1. The molecule has 1 aromatic carbocycles. The highest BCUT2D eigenvalue weighted by Crippen LogP contribution is 2.28. The smallest absolute Gasteiger partial charge is 0.407 e. The molecule has 3 rings (SSSR count). The van der Waals surface area contributed by atoms with Crippen LogP contribution in [0.2, 0.25) is 0 Å². The molecular weight excluding hydrogens is 427 g/mol. The maximum atomic E-state index is 14.3. The zero-order chi connectivity index (χ0) is 24.0. The predicted molar refractivity (Wildman–Crippen MR) is 121 cm³/mol. The molecule has 0 unspecified atom stereocenters. The van der Waals surface area contributed by atoms with E-state index in [1.165, 1.54) is 11.8 Å². The quantitative estimate of drug-likeness (QED) is 0.498. The molecule has 9 heteroatoms. The number of carbonyl (C=O) groups excluding carboxylic acids is 1. The maximum absolute atomic E-state index is 14.3. The summed E-state index contributed by atoms with van der Waals surface area (Å²) < 4.78 is 19.5. The first-order chi connectivity index (χ1) is 15.7. The Kier molecular flexibility index (Phi) is 8.07. The van der Waals surface area contributed by atoms with Gasteiger partial charge in [0.1, 0.15) is 18.1 Å². The van der Waals surface area contributed by atoms with E-state index >= 15 is 0 Å². The molecule has 1 aliphatic rings. The first-order valence-electron chi connectivity index (χ1n) is 11.4. The monoisotopic (exact) mass is 460 g/mol. The molecule has 0 bridgehead atoms. The summed E-state index contributed by atoms with van der Waals surface area (Å²) in [5, 5.41) is 16.5. The van der Waals surface area contributed by atoms with Crippen LogP contribution >= 0.6 is 0 Å². The zero-order valence-corrected chi connectivity index (χ0v) is 19.2. The molecular formula is C24H33FN4O4. The fourth-order valence-corrected chi connectivity index (χ4v) is 4.21. The molecule has 8 nitrogen and oxygen atoms in total. The van der Waals surface area contributed by atoms with Crippen LogP contribution in [-0.2, 0) is 17.6 Å². The molecule has 1 saturated heterocycles. The van der Waals surface area contributed by atoms with Crippen molar-refractivity contribution < 1.29 is 23.6 Å². The summed E-state index contributed by atoms with van der Waals surface area (Å²) in [6.45, 7) is 3.46. The zero-order valence-electron chi connectivity index (χ0n) is 19.2. The molecule has 33 heavy (non-hydrogen) atoms. The van der Waals surface area contributed by atoms with Gasteiger partial charge in [0.15, 0.2) is 0 Å². The van der Waals surface area contributed by atoms with Crippen molar-refractivity contribution in [2.75, 3.05) is 6.54 Å². The molecule has 1 aromatic heterocycles. The number of nitrogens with two attached hydrogens (primary N) is 1. The lowest BCUT2D eigenvalue weighted by molar-refractivity contribution is -0.126. The van der Waals surface area contributed by atoms with E-state index in [2.05, 4.69) is 22.6 Å². The van der Waals surface area contributed by atoms with Crippen LogP contribution in [0.1, 0.15) is 62.4 Å². The third-order valence-electron chi connectivity index (χ3n) is 6.12. The Morgan fingerprint density at radius 1 is 1.33 bits per heavy atom. The van der Waals surface area contributed by atoms with E-state index in [0.29, 0.717) is 25.0 Å². The molecule has 1 fully saturated rings. The summed E-state index contributed by atoms with van der Waals surface area (Å²) in [5.41, 5.74) is 7.43. The number of nitrogens with zero attached hydrogens (tertiary/aromatic N) is 2. The van der Waals surface area contributed by atoms with Gasteiger partial charge in [0.25, 0.3) is 0 Å². The average Bonchev–Trinajstić information content (AvgIpc) is 3.37. The van der Waals surface area contributed by atoms with E-state index in [0.717, 1.165) is 23.3 Å². The number of aryl methyl sites for hydroxylation is 2. The van der Waals surface area contributed by atoms with Gasteiger partial charge in [-0.2, -0.15) is 0 Å². The topological polar surface area (TPSA) is 122 Å². The normalized spacial score (nSPS) is 19.5. The number of hydrogen-bond donors (Lipinski definition) is 3. The second kappa shape index (κ2) is 10.8. The van der Waals surface area contributed by atoms with Crippen molar-refractivity contribution >= 4 is 12.0 Å². The van der Waals surface area contributed by atoms with Crippen LogP contribution in [-0.4, -0.2) is 51.5 Å². The number of benzene rings is 1. The Labute approximate surface area is 193 Å². The van der Waals surface area contributed by atoms with E-state index in [1.54, 1.807) is 13.8 Å². The number of amides is 2. The Hall–Kier alpha value is -2.94. The fourth-order valence-electron chi connectivity index (χ4n) is 4.21. The largest absolute Gasteiger partial charge is 0.465 e. The molecule has 3 atom stereocenters. The molecule has 4 N–H and O–H groups in total. The van der Waals surface area contributed by atoms with Crippen LogP contribution in [0.15, 0.2) is 41.1 Å². The summed E-state index contributed by atoms with van der Waals surface area (Å²) in [5.74, 6) is -0.308. The van der Waals surface area contributed by atoms with Gasteiger partial charge in [-0.05, 0) is 57.9 Å². The summed E-state index contributed by atoms with van der Waals surface area (Å²) in [6, 6.07) is 8.95. The third-order valence-corrected chi connectivity index (χ3v) is 6.12. The minimum absolute atomic E-state index is 0.196. The second-order valence-electron chi connectivity index (χ2n) is 9.24. The lowest BCUT2D eigenvalue weighted by Crippen LogP contribution is -2.50. The number of hydrogen-bond acceptors (Lipinski definition) is 5. The predicted octanol–water partition coefficient (Wildman–Crippen LogP) is 3.62. The fraction of sp³-hybridized carbons (Fsp3) is 0.542. The van der Waals surface area contributed by atoms with E-state index in [4.69, 9.17) is 10.3 Å². The first-order valence-corrected chi connectivity index (χ1v) is 11.4. The Bertz CT molecular complexity index is 928. The summed E-state index contributed by atoms with van der Waals surface area (Å²) >= 11 is 0. The van der Waals surface area contributed by atoms with Crippen molar-refractivity contribution in [2.24, 2.45) is 5.73 Å². The standard InChI is InChI=1S/C24H33FN4O4/c1-24(2,26)22(30)27-19(10-6-9-16-7-4-3-5-8-16)21-17(15-33-28-21)11-12-20-18(25)13-14-29(20)23(31)32/h3-5,7-8,15,18-20H,6,9-14,26H2,1-2H3,(H,27,30)(H,31,32)/t18-,19-,20-/m1/s1. The van der Waals surface area contributed by atoms with Gasteiger partial charge in [-0.3, -0.25) is 4.79 Å². The molecule has 0 spiro atoms. The highest BCUT2D eigenvalue weighted by molar-refractivity contribution is 5.85. The van der Waals surface area contributed by atoms with Gasteiger partial charge >= 0.3 is 6.09 Å². The average molecular weight is 461 g/mol. The van der Waals surface area contributed by atoms with Crippen molar-refractivity contribution in [3.63, 3.8) is 0 Å². The molecule has 2 heterocycles. The number of aromatic nitrogens is 1. The molecule has 2 aromatic rings. The van der Waals surface area contributed by atoms with Gasteiger partial charge in [-0.25, -0.2) is 9.18 Å². The van der Waals surface area contributed by atoms with E-state index < -0.39 is 29.9 Å². The third kappa shape index (κ3) is 6.54. The van der Waals surface area contributed by atoms with Crippen LogP contribution in [0.25, 0.3) is 0 Å². The van der Waals surface area contributed by atoms with Crippen LogP contribution in [0, 0.1) is 0 Å². The molecule has 0 saturated carbocycles. The molecule has 1 aliphatic heterocycles. The van der Waals surface area contributed by atoms with Crippen molar-refractivity contribution in [3.05, 3.63) is 53.4 Å². The van der Waals surface area contributed by atoms with Crippen molar-refractivity contribution in [1.29, 1.82) is 0 Å². The van der Waals surface area contributed by atoms with Crippen LogP contribution in [0.5, 0.6) is 0 Å². The second-order valence-corrected chi connectivity index (χ2v) is 9.24. The number of halogens is 1. The minimum Gasteiger partial charge on any atom is -0.465 e. The summed E-state index contributed by atoms with van der Waals surface area (Å²) in [4.78, 5) is 25.2. The molecule has 0 aliphatic carbocycles. The van der Waals surface area contributed by atoms with Crippen molar-refractivity contribution in [3.8, 4) is 0 Å². The van der Waals surface area contributed by atoms with Gasteiger partial charge < -0.3 is 25.6 Å². The number of nitrogens with one attached hydrogen (secondary N) is 1. The van der Waals surface area contributed by atoms with Crippen LogP contribution < -0.4 is 11.1 Å². The van der Waals surface area contributed by atoms with E-state index in [9.17, 15) is 19.1 Å². The number of carboxylic acid groups (broad SMARTS) is 1. The maximum Gasteiger partial charge on any atom is 0.407 e. The van der Waals surface area contributed by atoms with Gasteiger partial charge in [0.05, 0.1) is 17.6 Å². The van der Waals surface area contributed by atoms with Gasteiger partial charge in [0.2, 0.25) is 5.91 Å². The summed E-state index contributed by atoms with van der Waals surface area (Å²) in [6.07, 6.45) is 2.36. The van der Waals surface area contributed by atoms with Gasteiger partial charge in [-0.15, -0.1) is 0 Å². The SMILES string of the molecule is CC(C)(N)C(=O)N[C@H](CCCc1ccccc1)c1nocc1CC[C@@H]1[C@H](F)CCN1C(=O)O. The highest BCUT2D eigenvalue weighted by Gasteiger charge is 2.37. The highest BCUT2D eigenvalue weighted by atomic mass is 19.1. The van der Waals surface area contributed by atoms with E-state index in [-0.39, 0.29) is 18.9 Å². The Morgan fingerprint density at radius 2 is 2.06 bits per heavy atom. The van der Waals surface area contributed by atoms with Crippen LogP contribution in [0.4, 0.5) is 9.18 Å². The van der Waals surface area contributed by atoms with Gasteiger partial charge in [0, 0.05) is 12.1 Å². The molecule has 0 radical (unpaired) electrons. The number of likely N-dealkylation sites (tertiary alicyclic amines) is 1. The lowest BCUT2D eigenvalue weighted by atomic mass is 9.96. The molecule has 2 amide bonds. The number of rotatable bonds is 10. The van der Waals surface area contributed by atoms with Gasteiger partial charge in [-0.1, -0.05) is 35.5 Å². The Balaban J connectivity index is 1.71. The minimum atomic E-state index is -1.19. The Morgan fingerprint density at radius 3 is 2.73 bits per heavy atom. The van der Waals surface area contributed by atoms with E-state index in [1.807, 2.05) is 18.2 Å². The lowest BCUT2D eigenvalue weighted by Gasteiger charge is -2.25. The summed E-state index contributed by atoms with van der Waals surface area (Å²) in [7, 11) is 0. The van der Waals surface area contributed by atoms with Crippen molar-refractivity contribution in [2.45, 2.75) is 76.2 Å². The first kappa shape index (κ1) is 24.7. The van der Waals surface area contributed by atoms with Crippen LogP contribution in [0.3, 0.4) is 0 Å². The molecule has 180 valence electrons.